The summed E-state index contributed by atoms with van der Waals surface area (Å²) >= 11 is 0. The van der Waals surface area contributed by atoms with Crippen molar-refractivity contribution < 1.29 is 4.79 Å². The van der Waals surface area contributed by atoms with Crippen molar-refractivity contribution in [2.75, 3.05) is 14.1 Å². The van der Waals surface area contributed by atoms with Gasteiger partial charge in [0.1, 0.15) is 0 Å². The highest BCUT2D eigenvalue weighted by molar-refractivity contribution is 5.98. The molecule has 0 unspecified atom stereocenters. The van der Waals surface area contributed by atoms with Crippen molar-refractivity contribution >= 4 is 5.91 Å². The second-order valence-electron chi connectivity index (χ2n) is 3.60. The van der Waals surface area contributed by atoms with Gasteiger partial charge in [-0.25, -0.2) is 0 Å². The van der Waals surface area contributed by atoms with Crippen LogP contribution in [0.4, 0.5) is 0 Å². The number of amides is 1. The van der Waals surface area contributed by atoms with E-state index in [2.05, 4.69) is 6.58 Å². The van der Waals surface area contributed by atoms with E-state index >= 15 is 0 Å². The fourth-order valence-corrected chi connectivity index (χ4v) is 1.18. The number of carbonyl (C=O) groups excluding carboxylic acids is 1. The topological polar surface area (TPSA) is 20.3 Å². The third kappa shape index (κ3) is 3.21. The molecule has 0 aromatic rings. The molecular weight excluding hydrogens is 174 g/mol. The summed E-state index contributed by atoms with van der Waals surface area (Å²) in [6.07, 6.45) is 3.73. The lowest BCUT2D eigenvalue weighted by Crippen LogP contribution is -2.24. The van der Waals surface area contributed by atoms with Crippen molar-refractivity contribution in [3.63, 3.8) is 0 Å². The van der Waals surface area contributed by atoms with E-state index in [0.717, 1.165) is 11.1 Å². The zero-order valence-corrected chi connectivity index (χ0v) is 9.72. The van der Waals surface area contributed by atoms with Crippen molar-refractivity contribution in [2.24, 2.45) is 0 Å². The minimum atomic E-state index is 0.00750. The summed E-state index contributed by atoms with van der Waals surface area (Å²) in [5.41, 5.74) is 2.46. The summed E-state index contributed by atoms with van der Waals surface area (Å²) in [6.45, 7) is 9.63. The molecule has 0 aliphatic rings. The Balaban J connectivity index is 5.10. The standard InChI is InChI=1S/C12H19NO/c1-7-8-10(4)11(9(2)3)12(14)13(5)6/h7-8H,4H2,1-3,5-6H3. The average Bonchev–Trinajstić information content (AvgIpc) is 2.03. The van der Waals surface area contributed by atoms with Gasteiger partial charge >= 0.3 is 0 Å². The second-order valence-corrected chi connectivity index (χ2v) is 3.60. The number of allylic oxidation sites excluding steroid dienone is 3. The first-order valence-corrected chi connectivity index (χ1v) is 4.63. The Morgan fingerprint density at radius 1 is 1.29 bits per heavy atom. The van der Waals surface area contributed by atoms with Gasteiger partial charge in [-0.05, 0) is 26.3 Å². The molecular formula is C12H19NO. The summed E-state index contributed by atoms with van der Waals surface area (Å²) in [5.74, 6) is 0.00750. The van der Waals surface area contributed by atoms with E-state index in [4.69, 9.17) is 0 Å². The van der Waals surface area contributed by atoms with E-state index in [-0.39, 0.29) is 5.91 Å². The molecule has 0 atom stereocenters. The molecule has 0 rings (SSSR count). The van der Waals surface area contributed by atoms with Crippen molar-refractivity contribution in [1.82, 2.24) is 4.90 Å². The zero-order valence-electron chi connectivity index (χ0n) is 9.72. The largest absolute Gasteiger partial charge is 0.345 e. The Morgan fingerprint density at radius 2 is 1.79 bits per heavy atom. The zero-order chi connectivity index (χ0) is 11.3. The van der Waals surface area contributed by atoms with E-state index in [9.17, 15) is 4.79 Å². The molecule has 0 aliphatic carbocycles. The number of nitrogens with zero attached hydrogens (tertiary/aromatic N) is 1. The van der Waals surface area contributed by atoms with E-state index < -0.39 is 0 Å². The lowest BCUT2D eigenvalue weighted by molar-refractivity contribution is -0.124. The molecule has 0 heterocycles. The van der Waals surface area contributed by atoms with E-state index in [1.165, 1.54) is 0 Å². The average molecular weight is 193 g/mol. The van der Waals surface area contributed by atoms with Gasteiger partial charge in [-0.1, -0.05) is 24.3 Å². The minimum Gasteiger partial charge on any atom is -0.345 e. The van der Waals surface area contributed by atoms with Gasteiger partial charge in [-0.15, -0.1) is 0 Å². The maximum atomic E-state index is 11.8. The summed E-state index contributed by atoms with van der Waals surface area (Å²) in [4.78, 5) is 13.3. The first-order chi connectivity index (χ1) is 6.41. The Kier molecular flexibility index (Phi) is 4.92. The van der Waals surface area contributed by atoms with Crippen LogP contribution >= 0.6 is 0 Å². The predicted octanol–water partition coefficient (Wildman–Crippen LogP) is 2.54. The molecule has 0 radical (unpaired) electrons. The number of hydrogen-bond donors (Lipinski definition) is 0. The summed E-state index contributed by atoms with van der Waals surface area (Å²) in [7, 11) is 3.49. The van der Waals surface area contributed by atoms with E-state index in [0.29, 0.717) is 5.57 Å². The van der Waals surface area contributed by atoms with Gasteiger partial charge in [0.2, 0.25) is 0 Å². The van der Waals surface area contributed by atoms with Gasteiger partial charge in [-0.2, -0.15) is 0 Å². The minimum absolute atomic E-state index is 0.00750. The van der Waals surface area contributed by atoms with Gasteiger partial charge in [0.05, 0.1) is 0 Å². The lowest BCUT2D eigenvalue weighted by Gasteiger charge is -2.15. The SMILES string of the molecule is C=C(C=CC)C(C(=O)N(C)C)=C(C)C. The Bertz CT molecular complexity index is 291. The number of rotatable bonds is 3. The molecule has 0 aromatic carbocycles. The fourth-order valence-electron chi connectivity index (χ4n) is 1.18. The van der Waals surface area contributed by atoms with Crippen LogP contribution in [0, 0.1) is 0 Å². The molecule has 2 heteroatoms. The molecule has 0 aliphatic heterocycles. The monoisotopic (exact) mass is 193 g/mol. The van der Waals surface area contributed by atoms with Crippen LogP contribution in [-0.2, 0) is 4.79 Å². The van der Waals surface area contributed by atoms with Gasteiger partial charge in [0.25, 0.3) is 5.91 Å². The second kappa shape index (κ2) is 5.43. The van der Waals surface area contributed by atoms with Gasteiger partial charge < -0.3 is 4.90 Å². The van der Waals surface area contributed by atoms with Crippen LogP contribution in [0.1, 0.15) is 20.8 Å². The lowest BCUT2D eigenvalue weighted by atomic mass is 10.0. The number of hydrogen-bond acceptors (Lipinski definition) is 1. The van der Waals surface area contributed by atoms with Crippen LogP contribution in [0.3, 0.4) is 0 Å². The molecule has 0 saturated carbocycles. The molecule has 1 amide bonds. The third-order valence-electron chi connectivity index (χ3n) is 1.81. The van der Waals surface area contributed by atoms with E-state index in [1.54, 1.807) is 19.0 Å². The number of carbonyl (C=O) groups is 1. The molecule has 0 spiro atoms. The summed E-state index contributed by atoms with van der Waals surface area (Å²) in [6, 6.07) is 0. The molecule has 0 fully saturated rings. The number of likely N-dealkylation sites (N-methyl/N-ethyl adjacent to an activating group) is 1. The van der Waals surface area contributed by atoms with Gasteiger partial charge in [0, 0.05) is 19.7 Å². The maximum Gasteiger partial charge on any atom is 0.253 e. The highest BCUT2D eigenvalue weighted by Crippen LogP contribution is 2.16. The van der Waals surface area contributed by atoms with Crippen LogP contribution < -0.4 is 0 Å². The smallest absolute Gasteiger partial charge is 0.253 e. The van der Waals surface area contributed by atoms with Crippen LogP contribution in [0.15, 0.2) is 35.5 Å². The van der Waals surface area contributed by atoms with Crippen molar-refractivity contribution in [3.8, 4) is 0 Å². The first kappa shape index (κ1) is 12.7. The van der Waals surface area contributed by atoms with E-state index in [1.807, 2.05) is 32.9 Å². The van der Waals surface area contributed by atoms with Crippen molar-refractivity contribution in [1.29, 1.82) is 0 Å². The van der Waals surface area contributed by atoms with Gasteiger partial charge in [0.15, 0.2) is 0 Å². The molecule has 0 bridgehead atoms. The highest BCUT2D eigenvalue weighted by Gasteiger charge is 2.14. The van der Waals surface area contributed by atoms with Crippen molar-refractivity contribution in [2.45, 2.75) is 20.8 Å². The predicted molar refractivity (Wildman–Crippen MR) is 61.0 cm³/mol. The molecule has 14 heavy (non-hydrogen) atoms. The quantitative estimate of drug-likeness (QED) is 0.498. The molecule has 0 saturated heterocycles. The summed E-state index contributed by atoms with van der Waals surface area (Å²) < 4.78 is 0. The fraction of sp³-hybridized carbons (Fsp3) is 0.417. The van der Waals surface area contributed by atoms with Crippen LogP contribution in [0.5, 0.6) is 0 Å². The Labute approximate surface area is 86.6 Å². The van der Waals surface area contributed by atoms with Gasteiger partial charge in [-0.3, -0.25) is 4.79 Å². The highest BCUT2D eigenvalue weighted by atomic mass is 16.2. The normalized spacial score (nSPS) is 10.1. The first-order valence-electron chi connectivity index (χ1n) is 4.63. The Hall–Kier alpha value is -1.31. The van der Waals surface area contributed by atoms with Crippen LogP contribution in [-0.4, -0.2) is 24.9 Å². The Morgan fingerprint density at radius 3 is 2.07 bits per heavy atom. The van der Waals surface area contributed by atoms with Crippen molar-refractivity contribution in [3.05, 3.63) is 35.5 Å². The molecule has 0 N–H and O–H groups in total. The molecule has 2 nitrogen and oxygen atoms in total. The third-order valence-corrected chi connectivity index (χ3v) is 1.81. The molecule has 78 valence electrons. The molecule has 0 aromatic heterocycles. The summed E-state index contributed by atoms with van der Waals surface area (Å²) in [5, 5.41) is 0. The maximum absolute atomic E-state index is 11.8. The van der Waals surface area contributed by atoms with Crippen LogP contribution in [0.2, 0.25) is 0 Å². The van der Waals surface area contributed by atoms with Crippen LogP contribution in [0.25, 0.3) is 0 Å².